The van der Waals surface area contributed by atoms with E-state index >= 15 is 0 Å². The van der Waals surface area contributed by atoms with Crippen molar-refractivity contribution in [2.75, 3.05) is 5.73 Å². The smallest absolute Gasteiger partial charge is 0.344 e. The average Bonchev–Trinajstić information content (AvgIpc) is 2.82. The molecule has 0 bridgehead atoms. The zero-order chi connectivity index (χ0) is 12.4. The molecule has 0 radical (unpaired) electrons. The second-order valence-corrected chi connectivity index (χ2v) is 5.63. The number of aromatic amines is 1. The molecule has 0 saturated heterocycles. The summed E-state index contributed by atoms with van der Waals surface area (Å²) in [5, 5.41) is 16.0. The van der Waals surface area contributed by atoms with Crippen LogP contribution in [0.3, 0.4) is 0 Å². The Morgan fingerprint density at radius 1 is 1.53 bits per heavy atom. The standard InChI is InChI=1S/C8H12N6OS2/c1-4(2)14-7(15)12-13-8(14)16-3-5-10-11-6(9)17-5/h4H,3H2,1-2H3,(H2,9,11)(H,12,15). The first-order valence-corrected chi connectivity index (χ1v) is 6.75. The van der Waals surface area contributed by atoms with Gasteiger partial charge < -0.3 is 5.73 Å². The molecular formula is C8H12N6OS2. The number of nitrogens with two attached hydrogens (primary N) is 1. The Hall–Kier alpha value is -1.35. The molecule has 0 atom stereocenters. The Bertz CT molecular complexity index is 556. The minimum atomic E-state index is -0.195. The number of nitrogen functional groups attached to an aromatic ring is 1. The molecule has 0 unspecified atom stereocenters. The SMILES string of the molecule is CC(C)n1c(SCc2nnc(N)s2)n[nH]c1=O. The first-order valence-electron chi connectivity index (χ1n) is 4.95. The molecule has 0 aliphatic carbocycles. The van der Waals surface area contributed by atoms with Gasteiger partial charge in [0.25, 0.3) is 0 Å². The van der Waals surface area contributed by atoms with Gasteiger partial charge in [-0.15, -0.1) is 15.3 Å². The number of H-pyrrole nitrogens is 1. The van der Waals surface area contributed by atoms with Gasteiger partial charge in [0, 0.05) is 6.04 Å². The maximum Gasteiger partial charge on any atom is 0.344 e. The molecule has 3 N–H and O–H groups in total. The van der Waals surface area contributed by atoms with E-state index in [0.717, 1.165) is 5.01 Å². The van der Waals surface area contributed by atoms with Crippen molar-refractivity contribution in [3.63, 3.8) is 0 Å². The molecule has 0 spiro atoms. The van der Waals surface area contributed by atoms with Crippen LogP contribution in [0.4, 0.5) is 5.13 Å². The van der Waals surface area contributed by atoms with Crippen molar-refractivity contribution >= 4 is 28.2 Å². The highest BCUT2D eigenvalue weighted by Gasteiger charge is 2.12. The molecule has 2 heterocycles. The Balaban J connectivity index is 2.12. The molecule has 2 aromatic heterocycles. The zero-order valence-corrected chi connectivity index (χ0v) is 11.0. The van der Waals surface area contributed by atoms with Crippen LogP contribution in [0.5, 0.6) is 0 Å². The summed E-state index contributed by atoms with van der Waals surface area (Å²) in [4.78, 5) is 11.5. The summed E-state index contributed by atoms with van der Waals surface area (Å²) in [5.74, 6) is 0.603. The molecule has 0 fully saturated rings. The normalized spacial score (nSPS) is 11.2. The molecule has 2 rings (SSSR count). The van der Waals surface area contributed by atoms with Crippen LogP contribution < -0.4 is 11.4 Å². The number of hydrogen-bond donors (Lipinski definition) is 2. The van der Waals surface area contributed by atoms with Crippen molar-refractivity contribution < 1.29 is 0 Å². The van der Waals surface area contributed by atoms with Crippen LogP contribution in [-0.2, 0) is 5.75 Å². The first kappa shape index (κ1) is 12.1. The number of rotatable bonds is 4. The maximum absolute atomic E-state index is 11.5. The number of anilines is 1. The Morgan fingerprint density at radius 3 is 2.88 bits per heavy atom. The van der Waals surface area contributed by atoms with Crippen LogP contribution in [0, 0.1) is 0 Å². The van der Waals surface area contributed by atoms with Crippen molar-refractivity contribution in [2.24, 2.45) is 0 Å². The number of nitrogens with zero attached hydrogens (tertiary/aromatic N) is 4. The van der Waals surface area contributed by atoms with Gasteiger partial charge in [-0.25, -0.2) is 9.89 Å². The Morgan fingerprint density at radius 2 is 2.29 bits per heavy atom. The van der Waals surface area contributed by atoms with Crippen LogP contribution in [0.1, 0.15) is 24.9 Å². The highest BCUT2D eigenvalue weighted by atomic mass is 32.2. The third-order valence-corrected chi connectivity index (χ3v) is 3.89. The largest absolute Gasteiger partial charge is 0.374 e. The van der Waals surface area contributed by atoms with Crippen LogP contribution in [0.2, 0.25) is 0 Å². The number of nitrogens with one attached hydrogen (secondary N) is 1. The summed E-state index contributed by atoms with van der Waals surface area (Å²) in [7, 11) is 0. The van der Waals surface area contributed by atoms with Gasteiger partial charge in [0.2, 0.25) is 5.13 Å². The van der Waals surface area contributed by atoms with Crippen LogP contribution in [0.25, 0.3) is 0 Å². The molecule has 0 aliphatic rings. The summed E-state index contributed by atoms with van der Waals surface area (Å²) in [6.07, 6.45) is 0. The lowest BCUT2D eigenvalue weighted by molar-refractivity contribution is 0.534. The van der Waals surface area contributed by atoms with Gasteiger partial charge >= 0.3 is 5.69 Å². The molecule has 0 aromatic carbocycles. The highest BCUT2D eigenvalue weighted by Crippen LogP contribution is 2.23. The van der Waals surface area contributed by atoms with E-state index in [2.05, 4.69) is 20.4 Å². The molecule has 2 aromatic rings. The Labute approximate surface area is 105 Å². The summed E-state index contributed by atoms with van der Waals surface area (Å²) in [6.45, 7) is 3.87. The second kappa shape index (κ2) is 4.88. The molecule has 92 valence electrons. The molecule has 0 saturated carbocycles. The van der Waals surface area contributed by atoms with E-state index in [9.17, 15) is 4.79 Å². The van der Waals surface area contributed by atoms with Gasteiger partial charge in [-0.1, -0.05) is 23.1 Å². The fourth-order valence-corrected chi connectivity index (χ4v) is 2.97. The van der Waals surface area contributed by atoms with E-state index in [1.807, 2.05) is 13.8 Å². The van der Waals surface area contributed by atoms with Crippen molar-refractivity contribution in [2.45, 2.75) is 30.8 Å². The zero-order valence-electron chi connectivity index (χ0n) is 9.38. The molecule has 0 aliphatic heterocycles. The van der Waals surface area contributed by atoms with Crippen molar-refractivity contribution in [3.05, 3.63) is 15.5 Å². The molecule has 0 amide bonds. The van der Waals surface area contributed by atoms with Crippen molar-refractivity contribution in [3.8, 4) is 0 Å². The number of hydrogen-bond acceptors (Lipinski definition) is 7. The van der Waals surface area contributed by atoms with Gasteiger partial charge in [0.05, 0.1) is 5.75 Å². The monoisotopic (exact) mass is 272 g/mol. The van der Waals surface area contributed by atoms with Gasteiger partial charge in [-0.2, -0.15) is 0 Å². The molecular weight excluding hydrogens is 260 g/mol. The minimum absolute atomic E-state index is 0.0724. The van der Waals surface area contributed by atoms with Gasteiger partial charge in [0.15, 0.2) is 5.16 Å². The van der Waals surface area contributed by atoms with E-state index in [0.29, 0.717) is 16.0 Å². The topological polar surface area (TPSA) is 102 Å². The van der Waals surface area contributed by atoms with E-state index in [4.69, 9.17) is 5.73 Å². The summed E-state index contributed by atoms with van der Waals surface area (Å²) < 4.78 is 1.61. The summed E-state index contributed by atoms with van der Waals surface area (Å²) in [6, 6.07) is 0.0724. The summed E-state index contributed by atoms with van der Waals surface area (Å²) >= 11 is 2.77. The molecule has 9 heteroatoms. The lowest BCUT2D eigenvalue weighted by Crippen LogP contribution is -2.19. The summed E-state index contributed by atoms with van der Waals surface area (Å²) in [5.41, 5.74) is 5.29. The fourth-order valence-electron chi connectivity index (χ4n) is 1.30. The van der Waals surface area contributed by atoms with E-state index in [1.165, 1.54) is 23.1 Å². The minimum Gasteiger partial charge on any atom is -0.374 e. The molecule has 17 heavy (non-hydrogen) atoms. The third kappa shape index (κ3) is 2.67. The second-order valence-electron chi connectivity index (χ2n) is 3.60. The predicted octanol–water partition coefficient (Wildman–Crippen LogP) is 0.878. The van der Waals surface area contributed by atoms with Gasteiger partial charge in [-0.3, -0.25) is 4.57 Å². The van der Waals surface area contributed by atoms with Crippen LogP contribution in [-0.4, -0.2) is 25.0 Å². The maximum atomic E-state index is 11.5. The highest BCUT2D eigenvalue weighted by molar-refractivity contribution is 7.98. The number of aromatic nitrogens is 5. The lowest BCUT2D eigenvalue weighted by atomic mass is 10.4. The third-order valence-electron chi connectivity index (χ3n) is 2.00. The molecule has 7 nitrogen and oxygen atoms in total. The van der Waals surface area contributed by atoms with E-state index < -0.39 is 0 Å². The van der Waals surface area contributed by atoms with E-state index in [-0.39, 0.29) is 11.7 Å². The fraction of sp³-hybridized carbons (Fsp3) is 0.500. The lowest BCUT2D eigenvalue weighted by Gasteiger charge is -2.07. The van der Waals surface area contributed by atoms with Crippen molar-refractivity contribution in [1.29, 1.82) is 0 Å². The number of thioether (sulfide) groups is 1. The van der Waals surface area contributed by atoms with Gasteiger partial charge in [0.1, 0.15) is 5.01 Å². The van der Waals surface area contributed by atoms with E-state index in [1.54, 1.807) is 4.57 Å². The van der Waals surface area contributed by atoms with Crippen molar-refractivity contribution in [1.82, 2.24) is 25.0 Å². The quantitative estimate of drug-likeness (QED) is 0.801. The predicted molar refractivity (Wildman–Crippen MR) is 67.1 cm³/mol. The van der Waals surface area contributed by atoms with Crippen LogP contribution in [0.15, 0.2) is 9.95 Å². The van der Waals surface area contributed by atoms with Crippen LogP contribution >= 0.6 is 23.1 Å². The average molecular weight is 272 g/mol. The van der Waals surface area contributed by atoms with Gasteiger partial charge in [-0.05, 0) is 13.8 Å². The Kier molecular flexibility index (Phi) is 3.48. The first-order chi connectivity index (χ1) is 8.08.